The Balaban J connectivity index is 1.49. The van der Waals surface area contributed by atoms with E-state index >= 15 is 0 Å². The molecule has 0 radical (unpaired) electrons. The van der Waals surface area contributed by atoms with E-state index in [9.17, 15) is 4.79 Å². The van der Waals surface area contributed by atoms with E-state index in [1.165, 1.54) is 0 Å². The summed E-state index contributed by atoms with van der Waals surface area (Å²) in [5.74, 6) is 0.823. The molecule has 1 aromatic heterocycles. The fraction of sp³-hybridized carbons (Fsp3) is 0.130. The van der Waals surface area contributed by atoms with E-state index in [0.29, 0.717) is 33.5 Å². The lowest BCUT2D eigenvalue weighted by atomic mass is 10.1. The van der Waals surface area contributed by atoms with Crippen molar-refractivity contribution in [3.8, 4) is 17.2 Å². The van der Waals surface area contributed by atoms with Gasteiger partial charge in [0, 0.05) is 5.69 Å². The number of fused-ring (bicyclic) bond motifs is 1. The molecule has 5 nitrogen and oxygen atoms in total. The van der Waals surface area contributed by atoms with Gasteiger partial charge in [-0.2, -0.15) is 0 Å². The first-order valence-corrected chi connectivity index (χ1v) is 9.53. The summed E-state index contributed by atoms with van der Waals surface area (Å²) < 4.78 is 11.4. The fourth-order valence-electron chi connectivity index (χ4n) is 3.06. The van der Waals surface area contributed by atoms with E-state index in [4.69, 9.17) is 20.8 Å². The second-order valence-electron chi connectivity index (χ2n) is 6.79. The van der Waals surface area contributed by atoms with Gasteiger partial charge in [-0.05, 0) is 55.8 Å². The third kappa shape index (κ3) is 4.25. The monoisotopic (exact) mass is 406 g/mol. The number of halogens is 1. The number of carbonyl (C=O) groups is 1. The van der Waals surface area contributed by atoms with Crippen molar-refractivity contribution in [2.45, 2.75) is 13.8 Å². The van der Waals surface area contributed by atoms with Gasteiger partial charge in [0.05, 0.1) is 10.6 Å². The van der Waals surface area contributed by atoms with Gasteiger partial charge in [0.1, 0.15) is 11.3 Å². The van der Waals surface area contributed by atoms with Crippen LogP contribution >= 0.6 is 11.6 Å². The van der Waals surface area contributed by atoms with Gasteiger partial charge in [0.2, 0.25) is 5.89 Å². The Morgan fingerprint density at radius 2 is 1.93 bits per heavy atom. The maximum atomic E-state index is 12.3. The number of carbonyl (C=O) groups excluding carboxylic acids is 1. The molecule has 0 aliphatic carbocycles. The van der Waals surface area contributed by atoms with Gasteiger partial charge in [-0.15, -0.1) is 0 Å². The topological polar surface area (TPSA) is 64.4 Å². The molecule has 0 bridgehead atoms. The fourth-order valence-corrected chi connectivity index (χ4v) is 3.25. The van der Waals surface area contributed by atoms with Crippen molar-refractivity contribution in [1.29, 1.82) is 0 Å². The maximum Gasteiger partial charge on any atom is 0.262 e. The molecule has 0 fully saturated rings. The minimum Gasteiger partial charge on any atom is -0.483 e. The zero-order valence-corrected chi connectivity index (χ0v) is 16.8. The summed E-state index contributed by atoms with van der Waals surface area (Å²) in [5, 5.41) is 3.31. The molecule has 1 N–H and O–H groups in total. The van der Waals surface area contributed by atoms with Gasteiger partial charge >= 0.3 is 0 Å². The number of aryl methyl sites for hydroxylation is 2. The summed E-state index contributed by atoms with van der Waals surface area (Å²) >= 11 is 6.33. The van der Waals surface area contributed by atoms with Crippen molar-refractivity contribution >= 4 is 34.3 Å². The predicted molar refractivity (Wildman–Crippen MR) is 114 cm³/mol. The zero-order valence-electron chi connectivity index (χ0n) is 16.0. The summed E-state index contributed by atoms with van der Waals surface area (Å²) in [4.78, 5) is 16.8. The number of para-hydroxylation sites is 2. The highest BCUT2D eigenvalue weighted by Gasteiger charge is 2.13. The van der Waals surface area contributed by atoms with Crippen molar-refractivity contribution < 1.29 is 13.9 Å². The van der Waals surface area contributed by atoms with Gasteiger partial charge < -0.3 is 14.5 Å². The van der Waals surface area contributed by atoms with Gasteiger partial charge in [-0.1, -0.05) is 41.4 Å². The number of hydrogen-bond donors (Lipinski definition) is 1. The molecule has 1 amide bonds. The van der Waals surface area contributed by atoms with Crippen molar-refractivity contribution in [2.75, 3.05) is 11.9 Å². The minimum atomic E-state index is -0.268. The summed E-state index contributed by atoms with van der Waals surface area (Å²) in [6.45, 7) is 3.87. The second kappa shape index (κ2) is 7.97. The molecule has 146 valence electrons. The Bertz CT molecular complexity index is 1170. The molecule has 0 saturated heterocycles. The number of ether oxygens (including phenoxy) is 1. The number of aromatic nitrogens is 1. The van der Waals surface area contributed by atoms with Crippen LogP contribution in [0.1, 0.15) is 11.1 Å². The molecule has 4 aromatic rings. The minimum absolute atomic E-state index is 0.0925. The number of amides is 1. The zero-order chi connectivity index (χ0) is 20.4. The van der Waals surface area contributed by atoms with Crippen LogP contribution in [0.4, 0.5) is 5.69 Å². The summed E-state index contributed by atoms with van der Waals surface area (Å²) in [7, 11) is 0. The molecular weight excluding hydrogens is 388 g/mol. The maximum absolute atomic E-state index is 12.3. The van der Waals surface area contributed by atoms with Gasteiger partial charge in [-0.25, -0.2) is 4.98 Å². The van der Waals surface area contributed by atoms with Crippen LogP contribution < -0.4 is 10.1 Å². The average molecular weight is 407 g/mol. The Morgan fingerprint density at radius 1 is 1.10 bits per heavy atom. The molecule has 3 aromatic carbocycles. The Kier molecular flexibility index (Phi) is 5.23. The molecule has 4 rings (SSSR count). The number of nitrogens with zero attached hydrogens (tertiary/aromatic N) is 1. The number of nitrogens with one attached hydrogen (secondary N) is 1. The standard InChI is InChI=1S/C23H19ClN2O3/c1-14-7-10-20(15(2)11-14)28-13-22(27)25-16-8-9-18(24)17(12-16)23-26-19-5-3-4-6-21(19)29-23/h3-12H,13H2,1-2H3,(H,25,27). The normalized spacial score (nSPS) is 10.9. The highest BCUT2D eigenvalue weighted by Crippen LogP contribution is 2.32. The first-order chi connectivity index (χ1) is 14.0. The molecule has 0 unspecified atom stereocenters. The van der Waals surface area contributed by atoms with Gasteiger partial charge in [0.25, 0.3) is 5.91 Å². The first-order valence-electron chi connectivity index (χ1n) is 9.15. The quantitative estimate of drug-likeness (QED) is 0.456. The predicted octanol–water partition coefficient (Wildman–Crippen LogP) is 5.78. The summed E-state index contributed by atoms with van der Waals surface area (Å²) in [6.07, 6.45) is 0. The van der Waals surface area contributed by atoms with Gasteiger partial charge in [0.15, 0.2) is 12.2 Å². The summed E-state index contributed by atoms with van der Waals surface area (Å²) in [6, 6.07) is 18.5. The van der Waals surface area contributed by atoms with Crippen LogP contribution in [0.15, 0.2) is 65.1 Å². The number of oxazole rings is 1. The Morgan fingerprint density at radius 3 is 2.72 bits per heavy atom. The van der Waals surface area contributed by atoms with Crippen LogP contribution in [-0.4, -0.2) is 17.5 Å². The van der Waals surface area contributed by atoms with Crippen LogP contribution in [0.3, 0.4) is 0 Å². The van der Waals surface area contributed by atoms with E-state index in [-0.39, 0.29) is 12.5 Å². The van der Waals surface area contributed by atoms with Crippen LogP contribution in [0, 0.1) is 13.8 Å². The molecule has 0 spiro atoms. The van der Waals surface area contributed by atoms with E-state index in [1.54, 1.807) is 18.2 Å². The molecule has 0 aliphatic rings. The molecule has 0 atom stereocenters. The molecule has 6 heteroatoms. The number of anilines is 1. The molecular formula is C23H19ClN2O3. The lowest BCUT2D eigenvalue weighted by molar-refractivity contribution is -0.118. The van der Waals surface area contributed by atoms with E-state index < -0.39 is 0 Å². The van der Waals surface area contributed by atoms with Gasteiger partial charge in [-0.3, -0.25) is 4.79 Å². The van der Waals surface area contributed by atoms with Crippen molar-refractivity contribution in [2.24, 2.45) is 0 Å². The molecule has 0 aliphatic heterocycles. The largest absolute Gasteiger partial charge is 0.483 e. The molecule has 1 heterocycles. The highest BCUT2D eigenvalue weighted by molar-refractivity contribution is 6.33. The first kappa shape index (κ1) is 19.0. The van der Waals surface area contributed by atoms with Crippen molar-refractivity contribution in [3.63, 3.8) is 0 Å². The number of benzene rings is 3. The number of hydrogen-bond acceptors (Lipinski definition) is 4. The Labute approximate surface area is 173 Å². The van der Waals surface area contributed by atoms with Crippen LogP contribution in [0.25, 0.3) is 22.6 Å². The smallest absolute Gasteiger partial charge is 0.262 e. The van der Waals surface area contributed by atoms with Crippen molar-refractivity contribution in [3.05, 3.63) is 76.8 Å². The summed E-state index contributed by atoms with van der Waals surface area (Å²) in [5.41, 5.74) is 4.75. The average Bonchev–Trinajstić information content (AvgIpc) is 3.13. The van der Waals surface area contributed by atoms with E-state index in [2.05, 4.69) is 10.3 Å². The van der Waals surface area contributed by atoms with Crippen LogP contribution in [0.2, 0.25) is 5.02 Å². The third-order valence-corrected chi connectivity index (χ3v) is 4.79. The second-order valence-corrected chi connectivity index (χ2v) is 7.19. The van der Waals surface area contributed by atoms with Crippen LogP contribution in [-0.2, 0) is 4.79 Å². The van der Waals surface area contributed by atoms with E-state index in [0.717, 1.165) is 16.6 Å². The number of rotatable bonds is 5. The highest BCUT2D eigenvalue weighted by atomic mass is 35.5. The third-order valence-electron chi connectivity index (χ3n) is 4.46. The molecule has 29 heavy (non-hydrogen) atoms. The van der Waals surface area contributed by atoms with E-state index in [1.807, 2.05) is 56.3 Å². The molecule has 0 saturated carbocycles. The SMILES string of the molecule is Cc1ccc(OCC(=O)Nc2ccc(Cl)c(-c3nc4ccccc4o3)c2)c(C)c1. The Hall–Kier alpha value is -3.31. The van der Waals surface area contributed by atoms with Crippen LogP contribution in [0.5, 0.6) is 5.75 Å². The lowest BCUT2D eigenvalue weighted by Gasteiger charge is -2.11. The van der Waals surface area contributed by atoms with Crippen molar-refractivity contribution in [1.82, 2.24) is 4.98 Å². The lowest BCUT2D eigenvalue weighted by Crippen LogP contribution is -2.20.